The topological polar surface area (TPSA) is 63.5 Å². The number of urea groups is 1. The van der Waals surface area contributed by atoms with Crippen molar-refractivity contribution in [2.45, 2.75) is 13.2 Å². The van der Waals surface area contributed by atoms with Crippen molar-refractivity contribution in [2.75, 3.05) is 5.32 Å². The van der Waals surface area contributed by atoms with E-state index < -0.39 is 24.2 Å². The highest BCUT2D eigenvalue weighted by Crippen LogP contribution is 2.22. The number of carbonyl (C=O) groups is 1. The summed E-state index contributed by atoms with van der Waals surface area (Å²) in [5.74, 6) is -1.04. The van der Waals surface area contributed by atoms with Gasteiger partial charge in [-0.25, -0.2) is 9.18 Å². The minimum absolute atomic E-state index is 0.103. The molecule has 2 N–H and O–H groups in total. The molecule has 1 heterocycles. The van der Waals surface area contributed by atoms with Crippen LogP contribution in [0.5, 0.6) is 5.75 Å². The molecule has 2 aromatic rings. The highest BCUT2D eigenvalue weighted by atomic mass is 19.3. The van der Waals surface area contributed by atoms with Crippen molar-refractivity contribution >= 4 is 11.7 Å². The van der Waals surface area contributed by atoms with Crippen LogP contribution in [0.1, 0.15) is 5.76 Å². The summed E-state index contributed by atoms with van der Waals surface area (Å²) in [5, 5.41) is 4.83. The molecule has 0 radical (unpaired) electrons. The molecule has 1 aromatic carbocycles. The summed E-state index contributed by atoms with van der Waals surface area (Å²) in [4.78, 5) is 11.5. The third-order valence-corrected chi connectivity index (χ3v) is 2.41. The van der Waals surface area contributed by atoms with Gasteiger partial charge in [0.25, 0.3) is 0 Å². The first kappa shape index (κ1) is 14.8. The van der Waals surface area contributed by atoms with Crippen molar-refractivity contribution in [2.24, 2.45) is 0 Å². The van der Waals surface area contributed by atoms with Gasteiger partial charge in [-0.3, -0.25) is 0 Å². The van der Waals surface area contributed by atoms with Gasteiger partial charge in [0.1, 0.15) is 5.76 Å². The number of furan rings is 1. The van der Waals surface area contributed by atoms with Crippen LogP contribution in [0.2, 0.25) is 0 Å². The number of halogens is 3. The standard InChI is InChI=1S/C13H11F3N2O3/c14-10-6-8(3-4-11(10)21-12(15)16)18-13(19)17-7-9-2-1-5-20-9/h1-6,12H,7H2,(H2,17,18,19). The Morgan fingerprint density at radius 1 is 1.33 bits per heavy atom. The van der Waals surface area contributed by atoms with Gasteiger partial charge in [-0.2, -0.15) is 8.78 Å². The summed E-state index contributed by atoms with van der Waals surface area (Å²) in [6.07, 6.45) is 1.46. The van der Waals surface area contributed by atoms with Crippen LogP contribution in [-0.4, -0.2) is 12.6 Å². The van der Waals surface area contributed by atoms with Gasteiger partial charge in [0, 0.05) is 11.8 Å². The van der Waals surface area contributed by atoms with Gasteiger partial charge < -0.3 is 19.8 Å². The van der Waals surface area contributed by atoms with E-state index in [-0.39, 0.29) is 12.2 Å². The summed E-state index contributed by atoms with van der Waals surface area (Å²) >= 11 is 0. The second kappa shape index (κ2) is 6.69. The minimum Gasteiger partial charge on any atom is -0.467 e. The Hall–Kier alpha value is -2.64. The van der Waals surface area contributed by atoms with E-state index >= 15 is 0 Å². The molecule has 0 fully saturated rings. The van der Waals surface area contributed by atoms with E-state index in [1.54, 1.807) is 12.1 Å². The lowest BCUT2D eigenvalue weighted by molar-refractivity contribution is -0.0521. The number of nitrogens with one attached hydrogen (secondary N) is 2. The number of hydrogen-bond acceptors (Lipinski definition) is 3. The van der Waals surface area contributed by atoms with Crippen LogP contribution in [-0.2, 0) is 6.54 Å². The van der Waals surface area contributed by atoms with Crippen molar-refractivity contribution in [1.82, 2.24) is 5.32 Å². The zero-order valence-corrected chi connectivity index (χ0v) is 10.6. The Balaban J connectivity index is 1.90. The molecule has 0 unspecified atom stereocenters. The molecule has 2 rings (SSSR count). The quantitative estimate of drug-likeness (QED) is 0.890. The molecule has 0 aliphatic carbocycles. The van der Waals surface area contributed by atoms with E-state index in [4.69, 9.17) is 4.42 Å². The van der Waals surface area contributed by atoms with E-state index in [0.717, 1.165) is 12.1 Å². The Morgan fingerprint density at radius 3 is 2.76 bits per heavy atom. The van der Waals surface area contributed by atoms with Gasteiger partial charge in [0.2, 0.25) is 0 Å². The first-order valence-corrected chi connectivity index (χ1v) is 5.86. The number of rotatable bonds is 5. The Morgan fingerprint density at radius 2 is 2.14 bits per heavy atom. The number of amides is 2. The van der Waals surface area contributed by atoms with Crippen molar-refractivity contribution in [3.63, 3.8) is 0 Å². The van der Waals surface area contributed by atoms with Gasteiger partial charge in [0.15, 0.2) is 11.6 Å². The second-order valence-corrected chi connectivity index (χ2v) is 3.91. The van der Waals surface area contributed by atoms with Gasteiger partial charge in [0.05, 0.1) is 12.8 Å². The van der Waals surface area contributed by atoms with E-state index in [9.17, 15) is 18.0 Å². The Labute approximate surface area is 117 Å². The third kappa shape index (κ3) is 4.44. The van der Waals surface area contributed by atoms with Gasteiger partial charge in [-0.1, -0.05) is 0 Å². The highest BCUT2D eigenvalue weighted by Gasteiger charge is 2.11. The van der Waals surface area contributed by atoms with E-state index in [1.165, 1.54) is 12.3 Å². The molecule has 8 heteroatoms. The molecule has 0 aliphatic rings. The predicted molar refractivity (Wildman–Crippen MR) is 67.6 cm³/mol. The summed E-state index contributed by atoms with van der Waals surface area (Å²) in [7, 11) is 0. The van der Waals surface area contributed by atoms with Crippen molar-refractivity contribution < 1.29 is 27.1 Å². The fourth-order valence-electron chi connectivity index (χ4n) is 1.53. The maximum atomic E-state index is 13.4. The van der Waals surface area contributed by atoms with E-state index in [2.05, 4.69) is 15.4 Å². The average molecular weight is 300 g/mol. The zero-order valence-electron chi connectivity index (χ0n) is 10.6. The molecule has 0 spiro atoms. The Kier molecular flexibility index (Phi) is 4.70. The highest BCUT2D eigenvalue weighted by molar-refractivity contribution is 5.89. The minimum atomic E-state index is -3.12. The number of anilines is 1. The van der Waals surface area contributed by atoms with Gasteiger partial charge in [-0.05, 0) is 24.3 Å². The first-order valence-electron chi connectivity index (χ1n) is 5.86. The fourth-order valence-corrected chi connectivity index (χ4v) is 1.53. The number of alkyl halides is 2. The van der Waals surface area contributed by atoms with Crippen LogP contribution in [0.3, 0.4) is 0 Å². The lowest BCUT2D eigenvalue weighted by atomic mass is 10.3. The largest absolute Gasteiger partial charge is 0.467 e. The lowest BCUT2D eigenvalue weighted by Crippen LogP contribution is -2.28. The summed E-state index contributed by atoms with van der Waals surface area (Å²) in [6.45, 7) is -2.96. The normalized spacial score (nSPS) is 10.5. The first-order chi connectivity index (χ1) is 10.0. The summed E-state index contributed by atoms with van der Waals surface area (Å²) < 4.78 is 46.3. The third-order valence-electron chi connectivity index (χ3n) is 2.41. The molecule has 5 nitrogen and oxygen atoms in total. The number of carbonyl (C=O) groups excluding carboxylic acids is 1. The van der Waals surface area contributed by atoms with Crippen LogP contribution in [0.25, 0.3) is 0 Å². The van der Waals surface area contributed by atoms with E-state index in [0.29, 0.717) is 5.76 Å². The molecule has 0 saturated carbocycles. The smallest absolute Gasteiger partial charge is 0.387 e. The SMILES string of the molecule is O=C(NCc1ccco1)Nc1ccc(OC(F)F)c(F)c1. The van der Waals surface area contributed by atoms with Crippen LogP contribution in [0, 0.1) is 5.82 Å². The molecule has 0 bridgehead atoms. The number of ether oxygens (including phenoxy) is 1. The molecule has 2 amide bonds. The molecule has 0 atom stereocenters. The van der Waals surface area contributed by atoms with Crippen LogP contribution < -0.4 is 15.4 Å². The van der Waals surface area contributed by atoms with Crippen LogP contribution in [0.4, 0.5) is 23.7 Å². The average Bonchev–Trinajstić information content (AvgIpc) is 2.92. The molecule has 0 saturated heterocycles. The van der Waals surface area contributed by atoms with Gasteiger partial charge >= 0.3 is 12.6 Å². The van der Waals surface area contributed by atoms with Crippen LogP contribution in [0.15, 0.2) is 41.0 Å². The van der Waals surface area contributed by atoms with E-state index in [1.807, 2.05) is 0 Å². The molecule has 21 heavy (non-hydrogen) atoms. The zero-order chi connectivity index (χ0) is 15.2. The fraction of sp³-hybridized carbons (Fsp3) is 0.154. The predicted octanol–water partition coefficient (Wildman–Crippen LogP) is 3.34. The van der Waals surface area contributed by atoms with Crippen LogP contribution >= 0.6 is 0 Å². The van der Waals surface area contributed by atoms with Crippen molar-refractivity contribution in [1.29, 1.82) is 0 Å². The number of hydrogen-bond donors (Lipinski definition) is 2. The Bertz CT molecular complexity index is 603. The van der Waals surface area contributed by atoms with Crippen molar-refractivity contribution in [3.8, 4) is 5.75 Å². The monoisotopic (exact) mass is 300 g/mol. The molecule has 112 valence electrons. The molecular weight excluding hydrogens is 289 g/mol. The lowest BCUT2D eigenvalue weighted by Gasteiger charge is -2.09. The maximum Gasteiger partial charge on any atom is 0.387 e. The van der Waals surface area contributed by atoms with Crippen molar-refractivity contribution in [3.05, 3.63) is 48.2 Å². The molecule has 0 aliphatic heterocycles. The molecule has 1 aromatic heterocycles. The second-order valence-electron chi connectivity index (χ2n) is 3.91. The van der Waals surface area contributed by atoms with Gasteiger partial charge in [-0.15, -0.1) is 0 Å². The summed E-state index contributed by atoms with van der Waals surface area (Å²) in [6, 6.07) is 5.89. The summed E-state index contributed by atoms with van der Waals surface area (Å²) in [5.41, 5.74) is 0.103. The maximum absolute atomic E-state index is 13.4. The number of benzene rings is 1. The molecular formula is C13H11F3N2O3.